The first-order valence-corrected chi connectivity index (χ1v) is 12.9. The molecule has 0 saturated carbocycles. The highest BCUT2D eigenvalue weighted by Crippen LogP contribution is 2.39. The first kappa shape index (κ1) is 22.7. The number of esters is 1. The van der Waals surface area contributed by atoms with Gasteiger partial charge in [-0.25, -0.2) is 4.79 Å². The highest BCUT2D eigenvalue weighted by atomic mass is 28.4. The maximum Gasteiger partial charge on any atom is 0.335 e. The van der Waals surface area contributed by atoms with Crippen LogP contribution in [0.5, 0.6) is 0 Å². The topological polar surface area (TPSA) is 54.0 Å². The molecule has 0 bridgehead atoms. The molecule has 6 heteroatoms. The second-order valence-corrected chi connectivity index (χ2v) is 13.3. The second kappa shape index (κ2) is 9.72. The van der Waals surface area contributed by atoms with Crippen LogP contribution >= 0.6 is 0 Å². The molecule has 0 saturated heterocycles. The normalized spacial score (nSPS) is 20.4. The molecule has 1 aromatic rings. The molecule has 0 unspecified atom stereocenters. The fourth-order valence-electron chi connectivity index (χ4n) is 2.64. The summed E-state index contributed by atoms with van der Waals surface area (Å²) in [7, 11) is -2.01. The summed E-state index contributed by atoms with van der Waals surface area (Å²) < 4.78 is 23.4. The molecule has 0 aliphatic carbocycles. The summed E-state index contributed by atoms with van der Waals surface area (Å²) in [5.74, 6) is 0.462. The lowest BCUT2D eigenvalue weighted by molar-refractivity contribution is -0.162. The Kier molecular flexibility index (Phi) is 7.86. The van der Waals surface area contributed by atoms with Crippen molar-refractivity contribution in [3.63, 3.8) is 0 Å². The minimum Gasteiger partial charge on any atom is -0.547 e. The Morgan fingerprint density at radius 3 is 2.50 bits per heavy atom. The van der Waals surface area contributed by atoms with Crippen LogP contribution in [0.25, 0.3) is 0 Å². The number of hydrogen-bond donors (Lipinski definition) is 0. The summed E-state index contributed by atoms with van der Waals surface area (Å²) in [6.07, 6.45) is 1.36. The van der Waals surface area contributed by atoms with Gasteiger partial charge in [-0.2, -0.15) is 0 Å². The van der Waals surface area contributed by atoms with E-state index in [4.69, 9.17) is 18.6 Å². The van der Waals surface area contributed by atoms with Gasteiger partial charge in [0.25, 0.3) is 0 Å². The van der Waals surface area contributed by atoms with Gasteiger partial charge in [0.15, 0.2) is 6.10 Å². The van der Waals surface area contributed by atoms with Gasteiger partial charge < -0.3 is 18.6 Å². The van der Waals surface area contributed by atoms with Crippen LogP contribution in [0.4, 0.5) is 0 Å². The van der Waals surface area contributed by atoms with Crippen LogP contribution in [0.15, 0.2) is 42.2 Å². The first-order valence-electron chi connectivity index (χ1n) is 9.96. The van der Waals surface area contributed by atoms with Gasteiger partial charge in [0.2, 0.25) is 8.32 Å². The Balaban J connectivity index is 2.06. The minimum absolute atomic E-state index is 0.0743. The van der Waals surface area contributed by atoms with E-state index in [9.17, 15) is 4.79 Å². The van der Waals surface area contributed by atoms with Crippen molar-refractivity contribution < 1.29 is 23.4 Å². The fraction of sp³-hybridized carbons (Fsp3) is 0.591. The third-order valence-electron chi connectivity index (χ3n) is 5.23. The Morgan fingerprint density at radius 2 is 1.89 bits per heavy atom. The zero-order valence-corrected chi connectivity index (χ0v) is 19.0. The van der Waals surface area contributed by atoms with Crippen molar-refractivity contribution in [3.05, 3.63) is 47.7 Å². The van der Waals surface area contributed by atoms with E-state index in [1.165, 1.54) is 0 Å². The number of benzene rings is 1. The van der Waals surface area contributed by atoms with E-state index in [1.54, 1.807) is 6.92 Å². The van der Waals surface area contributed by atoms with Gasteiger partial charge in [0, 0.05) is 6.42 Å². The van der Waals surface area contributed by atoms with Crippen molar-refractivity contribution in [2.75, 3.05) is 13.2 Å². The highest BCUT2D eigenvalue weighted by Gasteiger charge is 2.41. The lowest BCUT2D eigenvalue weighted by Crippen LogP contribution is -2.43. The molecule has 0 amide bonds. The Hall–Kier alpha value is -1.63. The molecule has 0 N–H and O–H groups in total. The quantitative estimate of drug-likeness (QED) is 0.457. The van der Waals surface area contributed by atoms with Gasteiger partial charge in [0.1, 0.15) is 6.10 Å². The van der Waals surface area contributed by atoms with Crippen molar-refractivity contribution in [2.24, 2.45) is 0 Å². The number of ether oxygens (including phenoxy) is 3. The molecule has 1 aliphatic rings. The molecule has 0 fully saturated rings. The predicted octanol–water partition coefficient (Wildman–Crippen LogP) is 4.83. The lowest BCUT2D eigenvalue weighted by atomic mass is 10.1. The monoisotopic (exact) mass is 406 g/mol. The average Bonchev–Trinajstić information content (AvgIpc) is 2.61. The largest absolute Gasteiger partial charge is 0.547 e. The molecule has 0 aromatic heterocycles. The summed E-state index contributed by atoms with van der Waals surface area (Å²) >= 11 is 0. The second-order valence-electron chi connectivity index (χ2n) is 8.62. The van der Waals surface area contributed by atoms with Crippen LogP contribution in [-0.2, 0) is 30.0 Å². The average molecular weight is 407 g/mol. The predicted molar refractivity (Wildman–Crippen MR) is 112 cm³/mol. The maximum absolute atomic E-state index is 12.3. The van der Waals surface area contributed by atoms with E-state index in [0.717, 1.165) is 11.3 Å². The van der Waals surface area contributed by atoms with Gasteiger partial charge in [-0.1, -0.05) is 51.1 Å². The SMILES string of the molecule is CCOC(=O)[C@H]1CC(O[Si](C)(C)C(C)(C)C)=C[C@@H](COCc2ccccc2)O1. The number of carbonyl (C=O) groups is 1. The van der Waals surface area contributed by atoms with Gasteiger partial charge in [-0.3, -0.25) is 0 Å². The van der Waals surface area contributed by atoms with Crippen molar-refractivity contribution in [1.82, 2.24) is 0 Å². The molecule has 28 heavy (non-hydrogen) atoms. The van der Waals surface area contributed by atoms with Crippen molar-refractivity contribution in [1.29, 1.82) is 0 Å². The van der Waals surface area contributed by atoms with Crippen LogP contribution < -0.4 is 0 Å². The maximum atomic E-state index is 12.3. The van der Waals surface area contributed by atoms with Crippen LogP contribution in [-0.4, -0.2) is 39.7 Å². The number of carbonyl (C=O) groups excluding carboxylic acids is 1. The Labute approximate surface area is 170 Å². The van der Waals surface area contributed by atoms with Crippen molar-refractivity contribution in [2.45, 2.75) is 71.1 Å². The van der Waals surface area contributed by atoms with Crippen molar-refractivity contribution in [3.8, 4) is 0 Å². The fourth-order valence-corrected chi connectivity index (χ4v) is 3.75. The van der Waals surface area contributed by atoms with Gasteiger partial charge >= 0.3 is 5.97 Å². The van der Waals surface area contributed by atoms with E-state index >= 15 is 0 Å². The van der Waals surface area contributed by atoms with Crippen LogP contribution in [0, 0.1) is 0 Å². The van der Waals surface area contributed by atoms with E-state index < -0.39 is 14.4 Å². The molecule has 0 radical (unpaired) electrons. The van der Waals surface area contributed by atoms with Crippen molar-refractivity contribution >= 4 is 14.3 Å². The smallest absolute Gasteiger partial charge is 0.335 e. The third-order valence-corrected chi connectivity index (χ3v) is 9.62. The van der Waals surface area contributed by atoms with Crippen LogP contribution in [0.2, 0.25) is 18.1 Å². The molecule has 2 atom stereocenters. The standard InChI is InChI=1S/C22H34O5Si/c1-7-25-21(23)20-14-18(27-28(5,6)22(2,3)4)13-19(26-20)16-24-15-17-11-9-8-10-12-17/h8-13,19-20H,7,14-16H2,1-6H3/t19-,20+/m0/s1. The van der Waals surface area contributed by atoms with E-state index in [1.807, 2.05) is 36.4 Å². The van der Waals surface area contributed by atoms with Gasteiger partial charge in [0.05, 0.1) is 25.6 Å². The molecule has 156 valence electrons. The zero-order chi connectivity index (χ0) is 20.8. The zero-order valence-electron chi connectivity index (χ0n) is 18.0. The van der Waals surface area contributed by atoms with Gasteiger partial charge in [-0.05, 0) is 36.7 Å². The lowest BCUT2D eigenvalue weighted by Gasteiger charge is -2.39. The summed E-state index contributed by atoms with van der Waals surface area (Å²) in [4.78, 5) is 12.3. The molecule has 1 heterocycles. The molecule has 0 spiro atoms. The van der Waals surface area contributed by atoms with Crippen LogP contribution in [0.3, 0.4) is 0 Å². The number of rotatable bonds is 8. The van der Waals surface area contributed by atoms with Crippen LogP contribution in [0.1, 0.15) is 39.7 Å². The Bertz CT molecular complexity index is 663. The highest BCUT2D eigenvalue weighted by molar-refractivity contribution is 6.74. The minimum atomic E-state index is -2.01. The summed E-state index contributed by atoms with van der Waals surface area (Å²) in [5, 5.41) is 0.0743. The molecule has 1 aliphatic heterocycles. The van der Waals surface area contributed by atoms with E-state index in [0.29, 0.717) is 26.2 Å². The molecule has 2 rings (SSSR count). The molecule has 5 nitrogen and oxygen atoms in total. The Morgan fingerprint density at radius 1 is 1.21 bits per heavy atom. The number of hydrogen-bond acceptors (Lipinski definition) is 5. The summed E-state index contributed by atoms with van der Waals surface area (Å²) in [6.45, 7) is 14.0. The summed E-state index contributed by atoms with van der Waals surface area (Å²) in [5.41, 5.74) is 1.10. The molecular weight excluding hydrogens is 372 g/mol. The molecule has 1 aromatic carbocycles. The van der Waals surface area contributed by atoms with Gasteiger partial charge in [-0.15, -0.1) is 0 Å². The first-order chi connectivity index (χ1) is 13.1. The third kappa shape index (κ3) is 6.46. The molecular formula is C22H34O5Si. The summed E-state index contributed by atoms with van der Waals surface area (Å²) in [6, 6.07) is 9.98. The van der Waals surface area contributed by atoms with E-state index in [2.05, 4.69) is 33.9 Å². The van der Waals surface area contributed by atoms with E-state index in [-0.39, 0.29) is 17.1 Å².